The summed E-state index contributed by atoms with van der Waals surface area (Å²) in [6.07, 6.45) is 0. The number of carbonyl (C=O) groups is 2. The highest BCUT2D eigenvalue weighted by Gasteiger charge is 2.18. The second-order valence-electron chi connectivity index (χ2n) is 5.27. The predicted octanol–water partition coefficient (Wildman–Crippen LogP) is 4.13. The van der Waals surface area contributed by atoms with Crippen molar-refractivity contribution in [3.8, 4) is 9.88 Å². The zero-order chi connectivity index (χ0) is 18.7. The summed E-state index contributed by atoms with van der Waals surface area (Å²) in [6.45, 7) is 1.07. The summed E-state index contributed by atoms with van der Waals surface area (Å²) in [7, 11) is 0. The Hall–Kier alpha value is -2.91. The van der Waals surface area contributed by atoms with Gasteiger partial charge in [-0.2, -0.15) is 0 Å². The number of nitro groups is 1. The van der Waals surface area contributed by atoms with Crippen molar-refractivity contribution in [2.24, 2.45) is 0 Å². The largest absolute Gasteiger partial charge is 0.453 e. The van der Waals surface area contributed by atoms with E-state index in [1.807, 2.05) is 17.5 Å². The lowest BCUT2D eigenvalue weighted by Gasteiger charge is -2.04. The van der Waals surface area contributed by atoms with Gasteiger partial charge in [-0.1, -0.05) is 18.2 Å². The van der Waals surface area contributed by atoms with Crippen molar-refractivity contribution in [3.05, 3.63) is 68.0 Å². The molecule has 7 nitrogen and oxygen atoms in total. The molecule has 0 aliphatic carbocycles. The van der Waals surface area contributed by atoms with Crippen LogP contribution in [0.4, 0.5) is 5.69 Å². The lowest BCUT2D eigenvalue weighted by Crippen LogP contribution is -2.14. The molecule has 132 valence electrons. The molecule has 0 spiro atoms. The first-order valence-corrected chi connectivity index (χ1v) is 9.16. The number of hydrogen-bond acceptors (Lipinski definition) is 8. The quantitative estimate of drug-likeness (QED) is 0.272. The molecule has 0 saturated carbocycles. The Morgan fingerprint density at radius 2 is 2.08 bits per heavy atom. The molecule has 1 aromatic carbocycles. The molecule has 0 aliphatic heterocycles. The van der Waals surface area contributed by atoms with Crippen molar-refractivity contribution in [2.75, 3.05) is 6.61 Å². The number of thiazole rings is 1. The summed E-state index contributed by atoms with van der Waals surface area (Å²) >= 11 is 2.82. The van der Waals surface area contributed by atoms with Gasteiger partial charge >= 0.3 is 5.97 Å². The highest BCUT2D eigenvalue weighted by Crippen LogP contribution is 2.28. The van der Waals surface area contributed by atoms with Crippen molar-refractivity contribution >= 4 is 40.1 Å². The Morgan fingerprint density at radius 3 is 2.77 bits per heavy atom. The Morgan fingerprint density at radius 1 is 1.27 bits per heavy atom. The van der Waals surface area contributed by atoms with E-state index in [4.69, 9.17) is 4.74 Å². The number of rotatable bonds is 6. The van der Waals surface area contributed by atoms with Gasteiger partial charge in [0.1, 0.15) is 5.01 Å². The molecule has 26 heavy (non-hydrogen) atoms. The minimum absolute atomic E-state index is 0.118. The van der Waals surface area contributed by atoms with Crippen LogP contribution in [0.5, 0.6) is 0 Å². The fourth-order valence-corrected chi connectivity index (χ4v) is 3.75. The third-order valence-corrected chi connectivity index (χ3v) is 5.39. The first-order valence-electron chi connectivity index (χ1n) is 7.40. The van der Waals surface area contributed by atoms with Crippen LogP contribution in [0.15, 0.2) is 41.1 Å². The third-order valence-electron chi connectivity index (χ3n) is 3.51. The lowest BCUT2D eigenvalue weighted by molar-refractivity contribution is -0.385. The van der Waals surface area contributed by atoms with Gasteiger partial charge in [-0.05, 0) is 18.4 Å². The van der Waals surface area contributed by atoms with Crippen molar-refractivity contribution in [1.82, 2.24) is 4.98 Å². The fraction of sp³-hybridized carbons (Fsp3) is 0.118. The number of Topliss-reactive ketones (excluding diaryl/α,β-unsaturated/α-hetero) is 1. The second-order valence-corrected chi connectivity index (χ2v) is 7.08. The number of aromatic nitrogens is 1. The Labute approximate surface area is 156 Å². The van der Waals surface area contributed by atoms with Crippen LogP contribution >= 0.6 is 22.7 Å². The van der Waals surface area contributed by atoms with Gasteiger partial charge in [0, 0.05) is 22.6 Å². The maximum absolute atomic E-state index is 12.1. The molecular weight excluding hydrogens is 376 g/mol. The average Bonchev–Trinajstić information content (AvgIpc) is 3.30. The number of nitro benzene ring substituents is 1. The number of esters is 1. The van der Waals surface area contributed by atoms with Gasteiger partial charge in [-0.25, -0.2) is 9.78 Å². The number of carbonyl (C=O) groups excluding carboxylic acids is 2. The van der Waals surface area contributed by atoms with Crippen molar-refractivity contribution in [2.45, 2.75) is 6.92 Å². The molecule has 9 heteroatoms. The normalized spacial score (nSPS) is 10.5. The molecule has 0 N–H and O–H groups in total. The van der Waals surface area contributed by atoms with Crippen molar-refractivity contribution in [1.29, 1.82) is 0 Å². The zero-order valence-corrected chi connectivity index (χ0v) is 15.1. The van der Waals surface area contributed by atoms with E-state index >= 15 is 0 Å². The van der Waals surface area contributed by atoms with Crippen LogP contribution in [0.2, 0.25) is 0 Å². The standard InChI is InChI=1S/C17H12N2O5S2/c1-10-4-5-11(7-13(10)19(22)23)14(20)8-24-17(21)12-9-26-16(18-12)15-3-2-6-25-15/h2-7,9H,8H2,1H3. The molecule has 0 aliphatic rings. The predicted molar refractivity (Wildman–Crippen MR) is 97.9 cm³/mol. The van der Waals surface area contributed by atoms with Gasteiger partial charge in [0.05, 0.1) is 9.80 Å². The number of ketones is 1. The molecule has 0 unspecified atom stereocenters. The molecule has 3 aromatic rings. The summed E-state index contributed by atoms with van der Waals surface area (Å²) in [5.41, 5.74) is 0.545. The summed E-state index contributed by atoms with van der Waals surface area (Å²) in [5, 5.41) is 15.1. The average molecular weight is 388 g/mol. The molecule has 2 heterocycles. The van der Waals surface area contributed by atoms with Gasteiger partial charge in [0.2, 0.25) is 5.78 Å². The zero-order valence-electron chi connectivity index (χ0n) is 13.5. The SMILES string of the molecule is Cc1ccc(C(=O)COC(=O)c2csc(-c3cccs3)n2)cc1[N+](=O)[O-]. The van der Waals surface area contributed by atoms with E-state index in [0.29, 0.717) is 10.6 Å². The van der Waals surface area contributed by atoms with E-state index in [2.05, 4.69) is 4.98 Å². The molecule has 0 amide bonds. The number of aryl methyl sites for hydroxylation is 1. The third kappa shape index (κ3) is 3.84. The summed E-state index contributed by atoms with van der Waals surface area (Å²) < 4.78 is 4.99. The van der Waals surface area contributed by atoms with Crippen LogP contribution in [0.1, 0.15) is 26.4 Å². The van der Waals surface area contributed by atoms with E-state index < -0.39 is 23.3 Å². The first-order chi connectivity index (χ1) is 12.5. The monoisotopic (exact) mass is 388 g/mol. The summed E-state index contributed by atoms with van der Waals surface area (Å²) in [4.78, 5) is 39.7. The Balaban J connectivity index is 1.65. The van der Waals surface area contributed by atoms with E-state index in [9.17, 15) is 19.7 Å². The highest BCUT2D eigenvalue weighted by molar-refractivity contribution is 7.20. The molecule has 0 saturated heterocycles. The minimum Gasteiger partial charge on any atom is -0.453 e. The van der Waals surface area contributed by atoms with Crippen LogP contribution < -0.4 is 0 Å². The van der Waals surface area contributed by atoms with Gasteiger partial charge < -0.3 is 4.74 Å². The van der Waals surface area contributed by atoms with Crippen LogP contribution in [-0.4, -0.2) is 28.3 Å². The second kappa shape index (κ2) is 7.54. The lowest BCUT2D eigenvalue weighted by atomic mass is 10.1. The molecule has 3 rings (SSSR count). The molecule has 0 radical (unpaired) electrons. The van der Waals surface area contributed by atoms with Crippen molar-refractivity contribution < 1.29 is 19.2 Å². The number of thiophene rings is 1. The Bertz CT molecular complexity index is 979. The minimum atomic E-state index is -0.709. The van der Waals surface area contributed by atoms with Crippen LogP contribution in [0.25, 0.3) is 9.88 Å². The van der Waals surface area contributed by atoms with E-state index in [-0.39, 0.29) is 16.9 Å². The number of hydrogen-bond donors (Lipinski definition) is 0. The summed E-state index contributed by atoms with van der Waals surface area (Å²) in [6, 6.07) is 7.92. The summed E-state index contributed by atoms with van der Waals surface area (Å²) in [5.74, 6) is -1.23. The molecule has 0 fully saturated rings. The van der Waals surface area contributed by atoms with Gasteiger partial charge in [0.25, 0.3) is 5.69 Å². The molecule has 0 atom stereocenters. The van der Waals surface area contributed by atoms with E-state index in [1.54, 1.807) is 12.3 Å². The number of nitrogens with zero attached hydrogens (tertiary/aromatic N) is 2. The maximum atomic E-state index is 12.1. The molecular formula is C17H12N2O5S2. The van der Waals surface area contributed by atoms with Crippen LogP contribution in [0.3, 0.4) is 0 Å². The first kappa shape index (κ1) is 17.9. The number of ether oxygens (including phenoxy) is 1. The Kier molecular flexibility index (Phi) is 5.19. The van der Waals surface area contributed by atoms with Gasteiger partial charge in [-0.3, -0.25) is 14.9 Å². The molecule has 0 bridgehead atoms. The maximum Gasteiger partial charge on any atom is 0.358 e. The topological polar surface area (TPSA) is 99.4 Å². The smallest absolute Gasteiger partial charge is 0.358 e. The number of benzene rings is 1. The van der Waals surface area contributed by atoms with Gasteiger partial charge in [0.15, 0.2) is 12.3 Å². The van der Waals surface area contributed by atoms with Gasteiger partial charge in [-0.15, -0.1) is 22.7 Å². The highest BCUT2D eigenvalue weighted by atomic mass is 32.1. The van der Waals surface area contributed by atoms with E-state index in [0.717, 1.165) is 4.88 Å². The van der Waals surface area contributed by atoms with E-state index in [1.165, 1.54) is 40.9 Å². The fourth-order valence-electron chi connectivity index (χ4n) is 2.15. The van der Waals surface area contributed by atoms with Crippen LogP contribution in [-0.2, 0) is 4.74 Å². The van der Waals surface area contributed by atoms with Crippen molar-refractivity contribution in [3.63, 3.8) is 0 Å². The molecule has 2 aromatic heterocycles. The van der Waals surface area contributed by atoms with Crippen LogP contribution in [0, 0.1) is 17.0 Å².